The molecule has 0 aliphatic rings. The topological polar surface area (TPSA) is 36.0 Å². The molecule has 1 aromatic heterocycles. The molecule has 0 radical (unpaired) electrons. The van der Waals surface area contributed by atoms with E-state index >= 15 is 0 Å². The molecule has 0 aliphatic carbocycles. The third kappa shape index (κ3) is 1.84. The largest absolute Gasteiger partial charge is 0.393 e. The fraction of sp³-hybridized carbons (Fsp3) is 0.556. The molecular weight excluding hydrogens is 138 g/mol. The highest BCUT2D eigenvalue weighted by molar-refractivity contribution is 5.29. The first-order valence-corrected chi connectivity index (χ1v) is 3.92. The molecule has 2 nitrogen and oxygen atoms in total. The first kappa shape index (κ1) is 8.34. The van der Waals surface area contributed by atoms with E-state index in [1.54, 1.807) is 0 Å². The lowest BCUT2D eigenvalue weighted by Crippen LogP contribution is -2.05. The smallest absolute Gasteiger partial charge is 0.0553 e. The lowest BCUT2D eigenvalue weighted by Gasteiger charge is -2.04. The Balaban J connectivity index is 2.83. The molecular formula is C9H15NO. The van der Waals surface area contributed by atoms with Gasteiger partial charge in [0.15, 0.2) is 0 Å². The van der Waals surface area contributed by atoms with Crippen LogP contribution in [0.1, 0.15) is 23.7 Å². The Morgan fingerprint density at radius 3 is 2.55 bits per heavy atom. The maximum Gasteiger partial charge on any atom is 0.0553 e. The SMILES string of the molecule is Cc1c[nH]c(C)c1CC(C)O. The van der Waals surface area contributed by atoms with Gasteiger partial charge in [-0.1, -0.05) is 0 Å². The fourth-order valence-corrected chi connectivity index (χ4v) is 1.30. The predicted octanol–water partition coefficient (Wildman–Crippen LogP) is 1.55. The van der Waals surface area contributed by atoms with Gasteiger partial charge in [0.1, 0.15) is 0 Å². The maximum atomic E-state index is 9.16. The predicted molar refractivity (Wildman–Crippen MR) is 45.7 cm³/mol. The molecule has 0 spiro atoms. The number of hydrogen-bond donors (Lipinski definition) is 2. The fourth-order valence-electron chi connectivity index (χ4n) is 1.30. The monoisotopic (exact) mass is 153 g/mol. The highest BCUT2D eigenvalue weighted by Gasteiger charge is 2.06. The Kier molecular flexibility index (Phi) is 2.35. The van der Waals surface area contributed by atoms with Gasteiger partial charge in [0.2, 0.25) is 0 Å². The van der Waals surface area contributed by atoms with E-state index in [9.17, 15) is 0 Å². The van der Waals surface area contributed by atoms with E-state index < -0.39 is 0 Å². The third-order valence-corrected chi connectivity index (χ3v) is 1.93. The van der Waals surface area contributed by atoms with Crippen LogP contribution in [-0.4, -0.2) is 16.2 Å². The maximum absolute atomic E-state index is 9.16. The summed E-state index contributed by atoms with van der Waals surface area (Å²) >= 11 is 0. The zero-order valence-electron chi connectivity index (χ0n) is 7.31. The number of aryl methyl sites for hydroxylation is 2. The van der Waals surface area contributed by atoms with E-state index in [4.69, 9.17) is 5.11 Å². The molecule has 1 atom stereocenters. The van der Waals surface area contributed by atoms with Crippen molar-refractivity contribution < 1.29 is 5.11 Å². The summed E-state index contributed by atoms with van der Waals surface area (Å²) < 4.78 is 0. The molecule has 1 aromatic rings. The Bertz CT molecular complexity index is 218. The van der Waals surface area contributed by atoms with Crippen molar-refractivity contribution in [3.8, 4) is 0 Å². The van der Waals surface area contributed by atoms with Crippen LogP contribution in [0.5, 0.6) is 0 Å². The number of hydrogen-bond acceptors (Lipinski definition) is 1. The van der Waals surface area contributed by atoms with Crippen molar-refractivity contribution in [2.24, 2.45) is 0 Å². The number of nitrogens with one attached hydrogen (secondary N) is 1. The minimum absolute atomic E-state index is 0.247. The van der Waals surface area contributed by atoms with Gasteiger partial charge in [-0.3, -0.25) is 0 Å². The van der Waals surface area contributed by atoms with E-state index in [1.807, 2.05) is 20.0 Å². The molecule has 11 heavy (non-hydrogen) atoms. The Hall–Kier alpha value is -0.760. The van der Waals surface area contributed by atoms with Gasteiger partial charge in [0.05, 0.1) is 6.10 Å². The van der Waals surface area contributed by atoms with Crippen molar-refractivity contribution in [2.75, 3.05) is 0 Å². The number of H-pyrrole nitrogens is 1. The summed E-state index contributed by atoms with van der Waals surface area (Å²) in [6.45, 7) is 5.90. The number of aromatic nitrogens is 1. The normalized spacial score (nSPS) is 13.5. The highest BCUT2D eigenvalue weighted by Crippen LogP contribution is 2.13. The van der Waals surface area contributed by atoms with E-state index in [-0.39, 0.29) is 6.10 Å². The average Bonchev–Trinajstić information content (AvgIpc) is 2.18. The molecule has 62 valence electrons. The van der Waals surface area contributed by atoms with Gasteiger partial charge in [-0.2, -0.15) is 0 Å². The molecule has 0 saturated heterocycles. The van der Waals surface area contributed by atoms with Crippen LogP contribution in [-0.2, 0) is 6.42 Å². The van der Waals surface area contributed by atoms with Gasteiger partial charge in [-0.15, -0.1) is 0 Å². The molecule has 1 heterocycles. The van der Waals surface area contributed by atoms with Crippen molar-refractivity contribution in [1.29, 1.82) is 0 Å². The standard InChI is InChI=1S/C9H15NO/c1-6-5-10-8(3)9(6)4-7(2)11/h5,7,10-11H,4H2,1-3H3. The van der Waals surface area contributed by atoms with E-state index in [1.165, 1.54) is 16.8 Å². The average molecular weight is 153 g/mol. The van der Waals surface area contributed by atoms with Crippen LogP contribution in [0.25, 0.3) is 0 Å². The number of rotatable bonds is 2. The van der Waals surface area contributed by atoms with Crippen LogP contribution in [0, 0.1) is 13.8 Å². The number of aliphatic hydroxyl groups excluding tert-OH is 1. The zero-order valence-corrected chi connectivity index (χ0v) is 7.31. The summed E-state index contributed by atoms with van der Waals surface area (Å²) in [7, 11) is 0. The van der Waals surface area contributed by atoms with Crippen molar-refractivity contribution in [2.45, 2.75) is 33.3 Å². The summed E-state index contributed by atoms with van der Waals surface area (Å²) in [6.07, 6.45) is 2.48. The summed E-state index contributed by atoms with van der Waals surface area (Å²) in [4.78, 5) is 3.13. The lowest BCUT2D eigenvalue weighted by molar-refractivity contribution is 0.195. The van der Waals surface area contributed by atoms with E-state index in [0.717, 1.165) is 6.42 Å². The van der Waals surface area contributed by atoms with E-state index in [0.29, 0.717) is 0 Å². The zero-order chi connectivity index (χ0) is 8.43. The molecule has 0 aromatic carbocycles. The molecule has 0 bridgehead atoms. The molecule has 0 fully saturated rings. The highest BCUT2D eigenvalue weighted by atomic mass is 16.3. The Labute approximate surface area is 67.3 Å². The quantitative estimate of drug-likeness (QED) is 0.664. The van der Waals surface area contributed by atoms with Crippen molar-refractivity contribution >= 4 is 0 Å². The first-order chi connectivity index (χ1) is 5.11. The van der Waals surface area contributed by atoms with Crippen LogP contribution >= 0.6 is 0 Å². The molecule has 2 N–H and O–H groups in total. The summed E-state index contributed by atoms with van der Waals surface area (Å²) in [6, 6.07) is 0. The minimum Gasteiger partial charge on any atom is -0.393 e. The molecule has 1 unspecified atom stereocenters. The van der Waals surface area contributed by atoms with Crippen molar-refractivity contribution in [3.63, 3.8) is 0 Å². The molecule has 0 aliphatic heterocycles. The van der Waals surface area contributed by atoms with Gasteiger partial charge in [0.25, 0.3) is 0 Å². The second-order valence-electron chi connectivity index (χ2n) is 3.13. The van der Waals surface area contributed by atoms with Crippen LogP contribution in [0.4, 0.5) is 0 Å². The van der Waals surface area contributed by atoms with Gasteiger partial charge in [-0.05, 0) is 31.9 Å². The Morgan fingerprint density at radius 1 is 1.55 bits per heavy atom. The summed E-state index contributed by atoms with van der Waals surface area (Å²) in [5.74, 6) is 0. The molecule has 0 saturated carbocycles. The van der Waals surface area contributed by atoms with Crippen LogP contribution < -0.4 is 0 Å². The second kappa shape index (κ2) is 3.09. The van der Waals surface area contributed by atoms with Crippen LogP contribution in [0.3, 0.4) is 0 Å². The summed E-state index contributed by atoms with van der Waals surface area (Å²) in [5, 5.41) is 9.16. The van der Waals surface area contributed by atoms with Gasteiger partial charge < -0.3 is 10.1 Å². The van der Waals surface area contributed by atoms with Gasteiger partial charge >= 0.3 is 0 Å². The molecule has 1 rings (SSSR count). The molecule has 0 amide bonds. The van der Waals surface area contributed by atoms with Crippen molar-refractivity contribution in [3.05, 3.63) is 23.0 Å². The van der Waals surface area contributed by atoms with Crippen molar-refractivity contribution in [1.82, 2.24) is 4.98 Å². The Morgan fingerprint density at radius 2 is 2.18 bits per heavy atom. The van der Waals surface area contributed by atoms with Crippen LogP contribution in [0.15, 0.2) is 6.20 Å². The first-order valence-electron chi connectivity index (χ1n) is 3.92. The lowest BCUT2D eigenvalue weighted by atomic mass is 10.1. The van der Waals surface area contributed by atoms with Crippen LogP contribution in [0.2, 0.25) is 0 Å². The summed E-state index contributed by atoms with van der Waals surface area (Å²) in [5.41, 5.74) is 3.66. The number of aromatic amines is 1. The molecule has 2 heteroatoms. The number of aliphatic hydroxyl groups is 1. The minimum atomic E-state index is -0.247. The van der Waals surface area contributed by atoms with Gasteiger partial charge in [-0.25, -0.2) is 0 Å². The second-order valence-corrected chi connectivity index (χ2v) is 3.13. The van der Waals surface area contributed by atoms with Gasteiger partial charge in [0, 0.05) is 18.3 Å². The van der Waals surface area contributed by atoms with E-state index in [2.05, 4.69) is 11.9 Å². The third-order valence-electron chi connectivity index (χ3n) is 1.93.